The SMILES string of the molecule is C1CCNCC1.CC(C)C=O.CCO.CNc1ncc2cc(-c3c(Cl)c(OC)cc(OC)c3Cl)c3nc(CCCN4CCN(C(=O)C(C#N)=CC(C)C)CC4)nn3c2n1.CNc1ncc2cc(-c3c(Cl)c(OC)cc(OC)c3Cl)c3nc(CCCN4CCN(C(=O)CC#N)CC4)nn3c2n1.CNc1ncc2cc(-c3c(Cl)c(OC)cc(OC)c3Cl)c3nc(CCCN4CCNCC4)nn3c2n1.[C-]#[N+]CC(=O)O. The molecule has 9 aromatic heterocycles. The normalized spacial score (nSPS) is 13.9. The monoisotopic (exact) mass is 2070 g/mol. The third kappa shape index (κ3) is 28.7. The summed E-state index contributed by atoms with van der Waals surface area (Å²) in [6.45, 7) is 29.9. The summed E-state index contributed by atoms with van der Waals surface area (Å²) >= 11 is 40.8. The lowest BCUT2D eigenvalue weighted by Crippen LogP contribution is -2.49. The van der Waals surface area contributed by atoms with Gasteiger partial charge in [-0.15, -0.1) is 15.3 Å². The number of amides is 2. The number of carboxylic acids is 1. The number of aryl methyl sites for hydroxylation is 3. The van der Waals surface area contributed by atoms with Crippen LogP contribution in [0.5, 0.6) is 34.5 Å². The van der Waals surface area contributed by atoms with E-state index < -0.39 is 12.5 Å². The Balaban J connectivity index is 0.000000199. The molecule has 142 heavy (non-hydrogen) atoms. The summed E-state index contributed by atoms with van der Waals surface area (Å²) < 4.78 is 38.1. The van der Waals surface area contributed by atoms with Gasteiger partial charge in [0.25, 0.3) is 5.91 Å². The number of fused-ring (bicyclic) bond motifs is 9. The van der Waals surface area contributed by atoms with Crippen molar-refractivity contribution in [3.05, 3.63) is 126 Å². The fourth-order valence-corrected chi connectivity index (χ4v) is 17.8. The topological polar surface area (TPSA) is 460 Å². The minimum absolute atomic E-state index is 0.0735. The van der Waals surface area contributed by atoms with Crippen molar-refractivity contribution in [2.45, 2.75) is 98.8 Å². The van der Waals surface area contributed by atoms with E-state index in [1.54, 1.807) is 108 Å². The number of methoxy groups -OCH3 is 6. The molecule has 12 aromatic rings. The molecule has 0 bridgehead atoms. The Kier molecular flexibility index (Phi) is 43.4. The number of aldehydes is 1. The van der Waals surface area contributed by atoms with E-state index in [0.717, 1.165) is 126 Å². The summed E-state index contributed by atoms with van der Waals surface area (Å²) in [6, 6.07) is 14.6. The van der Waals surface area contributed by atoms with Gasteiger partial charge in [0, 0.05) is 218 Å². The van der Waals surface area contributed by atoms with Gasteiger partial charge in [-0.1, -0.05) is 110 Å². The van der Waals surface area contributed by atoms with Crippen molar-refractivity contribution in [3.63, 3.8) is 0 Å². The highest BCUT2D eigenvalue weighted by atomic mass is 35.5. The molecular formula is C96H120Cl6N28O12. The van der Waals surface area contributed by atoms with Crippen LogP contribution in [0, 0.1) is 41.1 Å². The van der Waals surface area contributed by atoms with Crippen molar-refractivity contribution in [1.29, 1.82) is 10.5 Å². The van der Waals surface area contributed by atoms with Crippen LogP contribution in [0.4, 0.5) is 17.8 Å². The molecule has 13 heterocycles. The van der Waals surface area contributed by atoms with Crippen LogP contribution in [0.3, 0.4) is 0 Å². The van der Waals surface area contributed by atoms with Gasteiger partial charge in [-0.25, -0.2) is 41.3 Å². The second kappa shape index (κ2) is 55.2. The number of rotatable bonds is 29. The van der Waals surface area contributed by atoms with Crippen molar-refractivity contribution in [1.82, 2.24) is 109 Å². The molecule has 46 heteroatoms. The second-order valence-electron chi connectivity index (χ2n) is 33.2. The van der Waals surface area contributed by atoms with Gasteiger partial charge in [0.05, 0.1) is 78.9 Å². The number of allylic oxidation sites excluding steroid dienone is 1. The number of carboxylic acid groups (broad SMARTS) is 1. The lowest BCUT2D eigenvalue weighted by Gasteiger charge is -2.34. The van der Waals surface area contributed by atoms with Crippen LogP contribution in [-0.4, -0.2) is 321 Å². The van der Waals surface area contributed by atoms with Crippen LogP contribution < -0.4 is 55.0 Å². The van der Waals surface area contributed by atoms with Gasteiger partial charge >= 0.3 is 12.5 Å². The van der Waals surface area contributed by atoms with E-state index >= 15 is 0 Å². The number of carbonyl (C=O) groups is 4. The standard InChI is InChI=1S/C31H35Cl2N9O3.C27H29Cl2N9O3.C24H28Cl2N8O2.C5H11N.C4H8O.C3H3NO2.C2H6O/c1-18(2)13-19(16-34)30(43)41-11-9-40(10-12-41)8-6-7-24-37-29-21(25-26(32)22(44-4)15-23(45-5)27(25)33)14-20-17-36-31(35-3)38-28(20)42(29)39-24;1-31-27-32-15-16-13-17(22-23(28)18(40-2)14-19(41-3)24(22)29)26-33-20(35-38(26)25(16)34-27)5-4-8-36-9-11-37(12-10-36)21(39)6-7-30;1-27-24-29-13-14-11-15(19-20(25)16(35-2)12-17(36-3)21(19)26)23-30-18(32-34(23)22(14)31-24)5-4-8-33-9-6-28-7-10-33;1-2-4-6-5-3-1;1-4(2)3-5;1-4-2-3(5)6;1-2-3/h13-15,17-18H,6-12H2,1-5H3,(H,35,36,38);13-15H,4-6,8-12H2,1-3H3,(H,31,32,34);11-13,28H,4-10H2,1-3H3,(H,27,29,31);6H,1-5H2;3-4H,1-2H3;2H2,(H,5,6);3H,2H2,1H3. The van der Waals surface area contributed by atoms with Crippen molar-refractivity contribution in [3.8, 4) is 80.0 Å². The number of hydrogen-bond donors (Lipinski definition) is 7. The highest BCUT2D eigenvalue weighted by molar-refractivity contribution is 6.43. The summed E-state index contributed by atoms with van der Waals surface area (Å²) in [6.07, 6.45) is 16.5. The average molecular weight is 2070 g/mol. The van der Waals surface area contributed by atoms with Gasteiger partial charge in [-0.05, 0) is 95.9 Å². The average Bonchev–Trinajstić information content (AvgIpc) is 1.55. The minimum Gasteiger partial charge on any atom is -0.495 e. The van der Waals surface area contributed by atoms with Crippen molar-refractivity contribution in [2.75, 3.05) is 204 Å². The Morgan fingerprint density at radius 1 is 0.486 bits per heavy atom. The zero-order valence-corrected chi connectivity index (χ0v) is 86.6. The Morgan fingerprint density at radius 2 is 0.803 bits per heavy atom. The lowest BCUT2D eigenvalue weighted by atomic mass is 10.0. The number of aliphatic hydroxyl groups excluding tert-OH is 1. The molecule has 0 atom stereocenters. The quantitative estimate of drug-likeness (QED) is 0.00990. The van der Waals surface area contributed by atoms with Crippen LogP contribution >= 0.6 is 69.6 Å². The number of piperidine rings is 1. The fraction of sp³-hybridized carbons (Fsp3) is 0.469. The van der Waals surface area contributed by atoms with Gasteiger partial charge in [-0.3, -0.25) is 19.4 Å². The second-order valence-corrected chi connectivity index (χ2v) is 35.5. The highest BCUT2D eigenvalue weighted by Crippen LogP contribution is 2.51. The first-order valence-electron chi connectivity index (χ1n) is 46.3. The Labute approximate surface area is 853 Å². The third-order valence-electron chi connectivity index (χ3n) is 22.8. The predicted octanol–water partition coefficient (Wildman–Crippen LogP) is 13.7. The summed E-state index contributed by atoms with van der Waals surface area (Å²) in [5.41, 5.74) is 7.23. The molecule has 4 aliphatic rings. The first-order chi connectivity index (χ1) is 68.5. The molecule has 758 valence electrons. The number of piperazine rings is 3. The Hall–Kier alpha value is -12.5. The number of hydrogen-bond acceptors (Lipinski definition) is 33. The number of aliphatic hydroxyl groups is 1. The molecule has 16 rings (SSSR count). The molecule has 0 spiro atoms. The molecule has 7 N–H and O–H groups in total. The first kappa shape index (κ1) is 112. The van der Waals surface area contributed by atoms with Crippen molar-refractivity contribution < 1.29 is 57.8 Å². The van der Waals surface area contributed by atoms with Crippen LogP contribution in [0.2, 0.25) is 30.1 Å². The van der Waals surface area contributed by atoms with Crippen LogP contribution in [0.25, 0.3) is 88.3 Å². The first-order valence-corrected chi connectivity index (χ1v) is 48.6. The van der Waals surface area contributed by atoms with Gasteiger partial charge in [0.2, 0.25) is 23.8 Å². The molecule has 0 radical (unpaired) electrons. The summed E-state index contributed by atoms with van der Waals surface area (Å²) in [4.78, 5) is 98.6. The number of anilines is 3. The van der Waals surface area contributed by atoms with Crippen LogP contribution in [-0.2, 0) is 38.4 Å². The molecule has 0 unspecified atom stereocenters. The Bertz CT molecular complexity index is 6420. The largest absolute Gasteiger partial charge is 0.495 e. The molecule has 3 aromatic carbocycles. The number of nitrogens with one attached hydrogen (secondary N) is 5. The lowest BCUT2D eigenvalue weighted by molar-refractivity contribution is -0.135. The molecular weight excluding hydrogens is 1950 g/mol. The number of ether oxygens (including phenoxy) is 6. The van der Waals surface area contributed by atoms with E-state index in [4.69, 9.17) is 150 Å². The summed E-state index contributed by atoms with van der Waals surface area (Å²) in [5, 5.41) is 67.8. The third-order valence-corrected chi connectivity index (χ3v) is 25.0. The van der Waals surface area contributed by atoms with Gasteiger partial charge in [-0.2, -0.15) is 39.0 Å². The highest BCUT2D eigenvalue weighted by Gasteiger charge is 2.31. The van der Waals surface area contributed by atoms with Gasteiger partial charge in [0.15, 0.2) is 51.4 Å². The summed E-state index contributed by atoms with van der Waals surface area (Å²) in [7, 11) is 14.5. The summed E-state index contributed by atoms with van der Waals surface area (Å²) in [5.74, 6) is 4.93. The zero-order valence-electron chi connectivity index (χ0n) is 82.0. The maximum absolute atomic E-state index is 12.8. The minimum atomic E-state index is -1.06. The fourth-order valence-electron chi connectivity index (χ4n) is 15.7. The number of halogens is 6. The number of carbonyl (C=O) groups excluding carboxylic acids is 3. The smallest absolute Gasteiger partial charge is 0.384 e. The van der Waals surface area contributed by atoms with E-state index in [0.29, 0.717) is 200 Å². The van der Waals surface area contributed by atoms with Gasteiger partial charge < -0.3 is 89.6 Å². The number of aliphatic carboxylic acids is 1. The van der Waals surface area contributed by atoms with Crippen LogP contribution in [0.1, 0.15) is 97.0 Å². The molecule has 2 amide bonds. The van der Waals surface area contributed by atoms with E-state index in [-0.39, 0.29) is 42.3 Å². The Morgan fingerprint density at radius 3 is 1.06 bits per heavy atom. The van der Waals surface area contributed by atoms with Crippen molar-refractivity contribution in [2.24, 2.45) is 11.8 Å². The number of pyridine rings is 3. The van der Waals surface area contributed by atoms with Gasteiger partial charge in [0.1, 0.15) is 58.8 Å². The molecule has 0 aliphatic carbocycles. The molecule has 40 nitrogen and oxygen atoms in total. The molecule has 0 saturated carbocycles. The number of nitriles is 2. The maximum Gasteiger partial charge on any atom is 0.384 e. The van der Waals surface area contributed by atoms with E-state index in [9.17, 15) is 24.4 Å². The number of nitrogens with zero attached hydrogens (tertiary/aromatic N) is 23. The number of aromatic nitrogens is 15. The van der Waals surface area contributed by atoms with E-state index in [1.165, 1.54) is 60.8 Å². The molecule has 4 aliphatic heterocycles. The maximum atomic E-state index is 12.8. The predicted molar refractivity (Wildman–Crippen MR) is 551 cm³/mol. The number of benzene rings is 3. The van der Waals surface area contributed by atoms with Crippen LogP contribution in [0.15, 0.2) is 66.6 Å². The van der Waals surface area contributed by atoms with E-state index in [2.05, 4.69) is 82.1 Å². The van der Waals surface area contributed by atoms with Crippen molar-refractivity contribution >= 4 is 162 Å². The van der Waals surface area contributed by atoms with E-state index in [1.807, 2.05) is 52.0 Å². The zero-order chi connectivity index (χ0) is 103. The molecule has 4 saturated heterocycles. The molecule has 4 fully saturated rings.